The molecule has 7 heteroatoms. The molecule has 0 radical (unpaired) electrons. The average Bonchev–Trinajstić information content (AvgIpc) is 3.05. The maximum absolute atomic E-state index is 12.5. The first-order valence-electron chi connectivity index (χ1n) is 7.75. The Balaban J connectivity index is 1.86. The molecule has 2 N–H and O–H groups in total. The number of carbonyl (C=O) groups excluding carboxylic acids is 2. The van der Waals surface area contributed by atoms with Gasteiger partial charge < -0.3 is 10.6 Å². The van der Waals surface area contributed by atoms with Gasteiger partial charge in [0.2, 0.25) is 5.82 Å². The van der Waals surface area contributed by atoms with E-state index in [0.717, 1.165) is 5.69 Å². The monoisotopic (exact) mass is 335 g/mol. The van der Waals surface area contributed by atoms with Gasteiger partial charge in [-0.2, -0.15) is 0 Å². The van der Waals surface area contributed by atoms with Crippen molar-refractivity contribution in [2.45, 2.75) is 6.54 Å². The molecule has 0 unspecified atom stereocenters. The third-order valence-electron chi connectivity index (χ3n) is 3.53. The second-order valence-electron chi connectivity index (χ2n) is 5.24. The number of pyridine rings is 2. The molecule has 0 aromatic carbocycles. The van der Waals surface area contributed by atoms with Crippen LogP contribution >= 0.6 is 0 Å². The van der Waals surface area contributed by atoms with Crippen LogP contribution < -0.4 is 10.6 Å². The van der Waals surface area contributed by atoms with Crippen molar-refractivity contribution >= 4 is 17.3 Å². The van der Waals surface area contributed by atoms with Crippen molar-refractivity contribution in [1.29, 1.82) is 0 Å². The van der Waals surface area contributed by atoms with Crippen molar-refractivity contribution in [2.75, 3.05) is 6.54 Å². The van der Waals surface area contributed by atoms with Gasteiger partial charge in [0.05, 0.1) is 17.8 Å². The van der Waals surface area contributed by atoms with E-state index in [2.05, 4.69) is 27.2 Å². The van der Waals surface area contributed by atoms with Gasteiger partial charge in [0.25, 0.3) is 11.8 Å². The van der Waals surface area contributed by atoms with Crippen molar-refractivity contribution in [1.82, 2.24) is 25.0 Å². The molecule has 3 heterocycles. The predicted octanol–water partition coefficient (Wildman–Crippen LogP) is 1.58. The van der Waals surface area contributed by atoms with E-state index < -0.39 is 0 Å². The third-order valence-corrected chi connectivity index (χ3v) is 3.53. The summed E-state index contributed by atoms with van der Waals surface area (Å²) in [5.74, 6) is -0.586. The van der Waals surface area contributed by atoms with Crippen LogP contribution in [0.15, 0.2) is 61.4 Å². The van der Waals surface area contributed by atoms with E-state index in [9.17, 15) is 9.59 Å². The van der Waals surface area contributed by atoms with E-state index in [1.165, 1.54) is 0 Å². The fourth-order valence-electron chi connectivity index (χ4n) is 2.37. The van der Waals surface area contributed by atoms with E-state index >= 15 is 0 Å². The van der Waals surface area contributed by atoms with E-state index in [1.807, 2.05) is 18.2 Å². The first kappa shape index (κ1) is 16.4. The van der Waals surface area contributed by atoms with E-state index in [0.29, 0.717) is 12.1 Å². The minimum absolute atomic E-state index is 0.148. The SMILES string of the molecule is C=CCNC(=O)c1nc(C(=O)NCc2ccccn2)n2ccccc12. The molecule has 3 aromatic heterocycles. The van der Waals surface area contributed by atoms with Gasteiger partial charge in [0.1, 0.15) is 0 Å². The molecule has 0 atom stereocenters. The van der Waals surface area contributed by atoms with Crippen LogP contribution in [0.3, 0.4) is 0 Å². The molecule has 7 nitrogen and oxygen atoms in total. The second-order valence-corrected chi connectivity index (χ2v) is 5.24. The molecule has 3 rings (SSSR count). The van der Waals surface area contributed by atoms with Gasteiger partial charge in [-0.1, -0.05) is 18.2 Å². The zero-order chi connectivity index (χ0) is 17.6. The molecule has 0 fully saturated rings. The summed E-state index contributed by atoms with van der Waals surface area (Å²) in [5, 5.41) is 5.45. The van der Waals surface area contributed by atoms with Crippen LogP contribution in [0, 0.1) is 0 Å². The average molecular weight is 335 g/mol. The van der Waals surface area contributed by atoms with Crippen LogP contribution in [-0.4, -0.2) is 32.7 Å². The number of imidazole rings is 1. The summed E-state index contributed by atoms with van der Waals surface area (Å²) in [6.07, 6.45) is 4.94. The molecule has 0 aliphatic heterocycles. The molecule has 0 aliphatic carbocycles. The Bertz CT molecular complexity index is 918. The highest BCUT2D eigenvalue weighted by molar-refractivity contribution is 6.02. The maximum Gasteiger partial charge on any atom is 0.288 e. The van der Waals surface area contributed by atoms with Crippen LogP contribution in [0.4, 0.5) is 0 Å². The Morgan fingerprint density at radius 3 is 2.72 bits per heavy atom. The number of amides is 2. The van der Waals surface area contributed by atoms with Gasteiger partial charge >= 0.3 is 0 Å². The molecule has 2 amide bonds. The molecule has 126 valence electrons. The molecule has 0 saturated carbocycles. The lowest BCUT2D eigenvalue weighted by Gasteiger charge is -2.03. The molecular weight excluding hydrogens is 318 g/mol. The largest absolute Gasteiger partial charge is 0.347 e. The number of nitrogens with one attached hydrogen (secondary N) is 2. The van der Waals surface area contributed by atoms with E-state index in [1.54, 1.807) is 41.1 Å². The van der Waals surface area contributed by atoms with Crippen molar-refractivity contribution in [3.63, 3.8) is 0 Å². The van der Waals surface area contributed by atoms with Gasteiger partial charge in [-0.3, -0.25) is 19.0 Å². The summed E-state index contributed by atoms with van der Waals surface area (Å²) in [7, 11) is 0. The van der Waals surface area contributed by atoms with Gasteiger partial charge in [-0.15, -0.1) is 6.58 Å². The number of nitrogens with zero attached hydrogens (tertiary/aromatic N) is 3. The topological polar surface area (TPSA) is 88.4 Å². The summed E-state index contributed by atoms with van der Waals surface area (Å²) in [6, 6.07) is 10.8. The van der Waals surface area contributed by atoms with E-state index in [4.69, 9.17) is 0 Å². The Morgan fingerprint density at radius 2 is 1.96 bits per heavy atom. The highest BCUT2D eigenvalue weighted by Gasteiger charge is 2.20. The zero-order valence-corrected chi connectivity index (χ0v) is 13.5. The lowest BCUT2D eigenvalue weighted by molar-refractivity contribution is 0.0939. The van der Waals surface area contributed by atoms with Gasteiger partial charge in [-0.25, -0.2) is 4.98 Å². The molecule has 0 bridgehead atoms. The Kier molecular flexibility index (Phi) is 4.84. The first-order valence-corrected chi connectivity index (χ1v) is 7.75. The standard InChI is InChI=1S/C18H17N5O2/c1-2-9-20-17(24)15-14-8-4-6-11-23(14)16(22-15)18(25)21-12-13-7-3-5-10-19-13/h2-8,10-11H,1,9,12H2,(H,20,24)(H,21,25). The van der Waals surface area contributed by atoms with Crippen LogP contribution in [0.1, 0.15) is 26.8 Å². The highest BCUT2D eigenvalue weighted by Crippen LogP contribution is 2.13. The summed E-state index contributed by atoms with van der Waals surface area (Å²) < 4.78 is 1.59. The molecule has 0 saturated heterocycles. The van der Waals surface area contributed by atoms with Crippen molar-refractivity contribution in [3.05, 3.63) is 78.7 Å². The van der Waals surface area contributed by atoms with Crippen molar-refractivity contribution < 1.29 is 9.59 Å². The smallest absolute Gasteiger partial charge is 0.288 e. The summed E-state index contributed by atoms with van der Waals surface area (Å²) in [5.41, 5.74) is 1.50. The Morgan fingerprint density at radius 1 is 1.12 bits per heavy atom. The van der Waals surface area contributed by atoms with E-state index in [-0.39, 0.29) is 29.9 Å². The van der Waals surface area contributed by atoms with Crippen molar-refractivity contribution in [2.24, 2.45) is 0 Å². The highest BCUT2D eigenvalue weighted by atomic mass is 16.2. The lowest BCUT2D eigenvalue weighted by atomic mass is 10.3. The Hall–Kier alpha value is -3.48. The molecule has 0 aliphatic rings. The fourth-order valence-corrected chi connectivity index (χ4v) is 2.37. The summed E-state index contributed by atoms with van der Waals surface area (Å²) in [4.78, 5) is 33.2. The van der Waals surface area contributed by atoms with Gasteiger partial charge in [0, 0.05) is 18.9 Å². The van der Waals surface area contributed by atoms with Crippen LogP contribution in [0.25, 0.3) is 5.52 Å². The summed E-state index contributed by atoms with van der Waals surface area (Å²) in [6.45, 7) is 4.17. The number of fused-ring (bicyclic) bond motifs is 1. The first-order chi connectivity index (χ1) is 12.2. The molecule has 3 aromatic rings. The quantitative estimate of drug-likeness (QED) is 0.669. The number of aromatic nitrogens is 3. The molecular formula is C18H17N5O2. The minimum Gasteiger partial charge on any atom is -0.347 e. The molecule has 0 spiro atoms. The van der Waals surface area contributed by atoms with Gasteiger partial charge in [0.15, 0.2) is 5.69 Å². The molecule has 25 heavy (non-hydrogen) atoms. The minimum atomic E-state index is -0.380. The van der Waals surface area contributed by atoms with Gasteiger partial charge in [-0.05, 0) is 24.3 Å². The second kappa shape index (κ2) is 7.39. The predicted molar refractivity (Wildman–Crippen MR) is 93.1 cm³/mol. The number of rotatable bonds is 6. The normalized spacial score (nSPS) is 10.4. The fraction of sp³-hybridized carbons (Fsp3) is 0.111. The number of carbonyl (C=O) groups is 2. The zero-order valence-electron chi connectivity index (χ0n) is 13.5. The number of hydrogen-bond acceptors (Lipinski definition) is 4. The lowest BCUT2D eigenvalue weighted by Crippen LogP contribution is -2.26. The van der Waals surface area contributed by atoms with Crippen LogP contribution in [0.5, 0.6) is 0 Å². The Labute approximate surface area is 144 Å². The van der Waals surface area contributed by atoms with Crippen LogP contribution in [-0.2, 0) is 6.54 Å². The number of hydrogen-bond donors (Lipinski definition) is 2. The van der Waals surface area contributed by atoms with Crippen LogP contribution in [0.2, 0.25) is 0 Å². The third kappa shape index (κ3) is 3.55. The maximum atomic E-state index is 12.5. The van der Waals surface area contributed by atoms with Crippen molar-refractivity contribution in [3.8, 4) is 0 Å². The summed E-state index contributed by atoms with van der Waals surface area (Å²) >= 11 is 0.